The number of hydrogen-bond donors (Lipinski definition) is 1. The number of benzene rings is 1. The molecule has 0 saturated carbocycles. The van der Waals surface area contributed by atoms with Crippen LogP contribution in [0.3, 0.4) is 0 Å². The summed E-state index contributed by atoms with van der Waals surface area (Å²) in [5.41, 5.74) is 1.86. The topological polar surface area (TPSA) is 99.0 Å². The number of carbonyl (C=O) groups excluding carboxylic acids is 2. The van der Waals surface area contributed by atoms with Crippen molar-refractivity contribution in [2.24, 2.45) is 5.92 Å². The van der Waals surface area contributed by atoms with Gasteiger partial charge >= 0.3 is 0 Å². The molecule has 186 valence electrons. The maximum atomic E-state index is 13.4. The molecule has 5 rings (SSSR count). The van der Waals surface area contributed by atoms with E-state index in [1.165, 1.54) is 4.88 Å². The van der Waals surface area contributed by atoms with Gasteiger partial charge in [-0.1, -0.05) is 6.07 Å². The fourth-order valence-electron chi connectivity index (χ4n) is 5.58. The van der Waals surface area contributed by atoms with Gasteiger partial charge in [-0.2, -0.15) is 0 Å². The van der Waals surface area contributed by atoms with Crippen molar-refractivity contribution < 1.29 is 14.5 Å². The Labute approximate surface area is 208 Å². The van der Waals surface area contributed by atoms with Crippen molar-refractivity contribution >= 4 is 34.5 Å². The van der Waals surface area contributed by atoms with E-state index in [-0.39, 0.29) is 34.4 Å². The number of thiophene rings is 1. The summed E-state index contributed by atoms with van der Waals surface area (Å²) in [6.07, 6.45) is 3.37. The first-order valence-corrected chi connectivity index (χ1v) is 13.2. The number of nitrogens with zero attached hydrogens (tertiary/aromatic N) is 4. The average molecular weight is 498 g/mol. The molecule has 1 aromatic heterocycles. The van der Waals surface area contributed by atoms with E-state index in [9.17, 15) is 19.7 Å². The summed E-state index contributed by atoms with van der Waals surface area (Å²) in [5, 5.41) is 16.5. The number of piperazine rings is 1. The third-order valence-corrected chi connectivity index (χ3v) is 8.33. The molecule has 2 amide bonds. The zero-order chi connectivity index (χ0) is 24.4. The van der Waals surface area contributed by atoms with Gasteiger partial charge < -0.3 is 15.1 Å². The van der Waals surface area contributed by atoms with Crippen LogP contribution in [0.2, 0.25) is 0 Å². The van der Waals surface area contributed by atoms with Gasteiger partial charge in [-0.25, -0.2) is 0 Å². The highest BCUT2D eigenvalue weighted by Crippen LogP contribution is 2.38. The monoisotopic (exact) mass is 497 g/mol. The lowest BCUT2D eigenvalue weighted by Gasteiger charge is -2.49. The van der Waals surface area contributed by atoms with E-state index in [0.29, 0.717) is 32.6 Å². The van der Waals surface area contributed by atoms with Crippen LogP contribution in [0.15, 0.2) is 35.7 Å². The van der Waals surface area contributed by atoms with Crippen molar-refractivity contribution in [2.75, 3.05) is 50.7 Å². The predicted octanol–water partition coefficient (Wildman–Crippen LogP) is 2.30. The minimum atomic E-state index is -0.385. The SMILES string of the molecule is O=C(NCCc1cccs1)C1Cc2cc([N+](=O)[O-])ccc2N2CCN(CC(=O)N3CCCC3)CC12. The third kappa shape index (κ3) is 5.18. The van der Waals surface area contributed by atoms with Gasteiger partial charge in [0.15, 0.2) is 0 Å². The quantitative estimate of drug-likeness (QED) is 0.466. The first-order chi connectivity index (χ1) is 17.0. The molecule has 3 aliphatic heterocycles. The van der Waals surface area contributed by atoms with Crippen molar-refractivity contribution in [2.45, 2.75) is 31.7 Å². The molecule has 0 bridgehead atoms. The number of likely N-dealkylation sites (tertiary alicyclic amines) is 1. The number of nitro groups is 1. The van der Waals surface area contributed by atoms with Crippen LogP contribution in [0.4, 0.5) is 11.4 Å². The van der Waals surface area contributed by atoms with Gasteiger partial charge in [0.25, 0.3) is 5.69 Å². The molecule has 9 nitrogen and oxygen atoms in total. The third-order valence-electron chi connectivity index (χ3n) is 7.40. The maximum absolute atomic E-state index is 13.4. The molecule has 1 N–H and O–H groups in total. The molecular weight excluding hydrogens is 466 g/mol. The predicted molar refractivity (Wildman–Crippen MR) is 135 cm³/mol. The Hall–Kier alpha value is -2.98. The Morgan fingerprint density at radius 3 is 2.71 bits per heavy atom. The Balaban J connectivity index is 1.33. The summed E-state index contributed by atoms with van der Waals surface area (Å²) in [5.74, 6) is -0.196. The number of fused-ring (bicyclic) bond motifs is 3. The van der Waals surface area contributed by atoms with Crippen LogP contribution in [0.5, 0.6) is 0 Å². The number of nitro benzene ring substituents is 1. The summed E-state index contributed by atoms with van der Waals surface area (Å²) in [6.45, 7) is 4.64. The van der Waals surface area contributed by atoms with E-state index < -0.39 is 0 Å². The zero-order valence-electron chi connectivity index (χ0n) is 19.7. The summed E-state index contributed by atoms with van der Waals surface area (Å²) in [6, 6.07) is 8.96. The van der Waals surface area contributed by atoms with Crippen LogP contribution in [0.1, 0.15) is 23.3 Å². The highest BCUT2D eigenvalue weighted by atomic mass is 32.1. The Morgan fingerprint density at radius 2 is 1.97 bits per heavy atom. The molecule has 2 unspecified atom stereocenters. The molecule has 0 radical (unpaired) electrons. The second-order valence-electron chi connectivity index (χ2n) is 9.58. The fraction of sp³-hybridized carbons (Fsp3) is 0.520. The minimum Gasteiger partial charge on any atom is -0.365 e. The van der Waals surface area contributed by atoms with Crippen LogP contribution in [-0.2, 0) is 22.4 Å². The van der Waals surface area contributed by atoms with Crippen molar-refractivity contribution in [3.05, 3.63) is 56.3 Å². The number of anilines is 1. The lowest BCUT2D eigenvalue weighted by Crippen LogP contribution is -2.62. The van der Waals surface area contributed by atoms with Crippen LogP contribution in [-0.4, -0.2) is 78.4 Å². The summed E-state index contributed by atoms with van der Waals surface area (Å²) < 4.78 is 0. The van der Waals surface area contributed by atoms with E-state index in [2.05, 4.69) is 21.2 Å². The number of hydrogen-bond acceptors (Lipinski definition) is 7. The normalized spacial score (nSPS) is 21.9. The Kier molecular flexibility index (Phi) is 7.01. The number of amides is 2. The highest BCUT2D eigenvalue weighted by Gasteiger charge is 2.42. The molecule has 1 aromatic carbocycles. The second kappa shape index (κ2) is 10.3. The summed E-state index contributed by atoms with van der Waals surface area (Å²) >= 11 is 1.67. The van der Waals surface area contributed by atoms with Gasteiger partial charge in [0, 0.05) is 62.0 Å². The molecule has 10 heteroatoms. The minimum absolute atomic E-state index is 0.0265. The largest absolute Gasteiger partial charge is 0.365 e. The lowest BCUT2D eigenvalue weighted by molar-refractivity contribution is -0.384. The number of nitrogens with one attached hydrogen (secondary N) is 1. The first kappa shape index (κ1) is 23.7. The van der Waals surface area contributed by atoms with Crippen LogP contribution in [0.25, 0.3) is 0 Å². The number of rotatable bonds is 7. The standard InChI is InChI=1S/C25H31N5O4S/c31-24(28-9-1-2-10-28)17-27-11-12-29-22-6-5-19(30(33)34)14-18(22)15-21(23(29)16-27)25(32)26-8-7-20-4-3-13-35-20/h3-6,13-14,21,23H,1-2,7-12,15-17H2,(H,26,32). The molecular formula is C25H31N5O4S. The lowest BCUT2D eigenvalue weighted by atomic mass is 9.83. The molecule has 3 aliphatic rings. The van der Waals surface area contributed by atoms with E-state index >= 15 is 0 Å². The fourth-order valence-corrected chi connectivity index (χ4v) is 6.29. The van der Waals surface area contributed by atoms with Gasteiger partial charge in [0.1, 0.15) is 0 Å². The van der Waals surface area contributed by atoms with Gasteiger partial charge in [-0.05, 0) is 48.8 Å². The van der Waals surface area contributed by atoms with Gasteiger partial charge in [0.2, 0.25) is 11.8 Å². The van der Waals surface area contributed by atoms with Crippen molar-refractivity contribution in [1.29, 1.82) is 0 Å². The molecule has 2 atom stereocenters. The van der Waals surface area contributed by atoms with Crippen molar-refractivity contribution in [3.8, 4) is 0 Å². The van der Waals surface area contributed by atoms with E-state index in [1.807, 2.05) is 22.4 Å². The highest BCUT2D eigenvalue weighted by molar-refractivity contribution is 7.09. The van der Waals surface area contributed by atoms with Crippen molar-refractivity contribution in [3.63, 3.8) is 0 Å². The van der Waals surface area contributed by atoms with Crippen LogP contribution >= 0.6 is 11.3 Å². The first-order valence-electron chi connectivity index (χ1n) is 12.3. The zero-order valence-corrected chi connectivity index (χ0v) is 20.5. The summed E-state index contributed by atoms with van der Waals surface area (Å²) in [4.78, 5) is 44.7. The Morgan fingerprint density at radius 1 is 1.14 bits per heavy atom. The smallest absolute Gasteiger partial charge is 0.269 e. The molecule has 35 heavy (non-hydrogen) atoms. The molecule has 2 aromatic rings. The molecule has 4 heterocycles. The average Bonchev–Trinajstić information content (AvgIpc) is 3.57. The van der Waals surface area contributed by atoms with Crippen molar-refractivity contribution in [1.82, 2.24) is 15.1 Å². The maximum Gasteiger partial charge on any atom is 0.269 e. The molecule has 0 aliphatic carbocycles. The van der Waals surface area contributed by atoms with E-state index in [0.717, 1.165) is 50.1 Å². The number of carbonyl (C=O) groups is 2. The van der Waals surface area contributed by atoms with Crippen LogP contribution < -0.4 is 10.2 Å². The van der Waals surface area contributed by atoms with Gasteiger partial charge in [-0.15, -0.1) is 11.3 Å². The molecule has 2 fully saturated rings. The molecule has 2 saturated heterocycles. The van der Waals surface area contributed by atoms with E-state index in [4.69, 9.17) is 0 Å². The Bertz CT molecular complexity index is 1090. The number of non-ortho nitro benzene ring substituents is 1. The van der Waals surface area contributed by atoms with E-state index in [1.54, 1.807) is 23.5 Å². The van der Waals surface area contributed by atoms with Gasteiger partial charge in [0.05, 0.1) is 23.4 Å². The molecule has 0 spiro atoms. The second-order valence-corrected chi connectivity index (χ2v) is 10.6. The van der Waals surface area contributed by atoms with Gasteiger partial charge in [-0.3, -0.25) is 24.6 Å². The summed E-state index contributed by atoms with van der Waals surface area (Å²) in [7, 11) is 0. The van der Waals surface area contributed by atoms with Crippen LogP contribution in [0, 0.1) is 16.0 Å².